The lowest BCUT2D eigenvalue weighted by molar-refractivity contribution is 0.0995. The SMILES string of the molecule is Cc1noc(C2Oc3c(Nc4c(C(N)=O)nnc5[nH]ccc45)cccc32)n1. The molecule has 4 heterocycles. The smallest absolute Gasteiger partial charge is 0.272 e. The zero-order valence-corrected chi connectivity index (χ0v) is 14.1. The highest BCUT2D eigenvalue weighted by atomic mass is 16.5. The van der Waals surface area contributed by atoms with E-state index < -0.39 is 12.0 Å². The number of ether oxygens (including phenoxy) is 1. The van der Waals surface area contributed by atoms with Crippen molar-refractivity contribution in [2.24, 2.45) is 5.73 Å². The van der Waals surface area contributed by atoms with Crippen molar-refractivity contribution in [1.29, 1.82) is 0 Å². The number of hydrogen-bond donors (Lipinski definition) is 3. The molecule has 1 unspecified atom stereocenters. The van der Waals surface area contributed by atoms with E-state index in [2.05, 4.69) is 30.6 Å². The zero-order chi connectivity index (χ0) is 18.5. The zero-order valence-electron chi connectivity index (χ0n) is 14.1. The van der Waals surface area contributed by atoms with Gasteiger partial charge in [-0.3, -0.25) is 4.79 Å². The first kappa shape index (κ1) is 15.3. The fourth-order valence-electron chi connectivity index (χ4n) is 3.07. The van der Waals surface area contributed by atoms with Crippen LogP contribution in [-0.4, -0.2) is 31.2 Å². The van der Waals surface area contributed by atoms with Crippen LogP contribution in [0, 0.1) is 6.92 Å². The number of anilines is 2. The molecule has 0 bridgehead atoms. The Labute approximate surface area is 151 Å². The number of rotatable bonds is 4. The number of H-pyrrole nitrogens is 1. The molecule has 0 spiro atoms. The van der Waals surface area contributed by atoms with Crippen LogP contribution in [-0.2, 0) is 0 Å². The molecule has 1 amide bonds. The number of aromatic amines is 1. The maximum Gasteiger partial charge on any atom is 0.272 e. The number of nitrogens with zero attached hydrogens (tertiary/aromatic N) is 4. The van der Waals surface area contributed by atoms with Crippen LogP contribution < -0.4 is 15.8 Å². The summed E-state index contributed by atoms with van der Waals surface area (Å²) in [6.07, 6.45) is 1.30. The number of aryl methyl sites for hydroxylation is 1. The summed E-state index contributed by atoms with van der Waals surface area (Å²) in [6, 6.07) is 7.41. The molecule has 5 rings (SSSR count). The van der Waals surface area contributed by atoms with Crippen LogP contribution in [0.4, 0.5) is 11.4 Å². The number of carbonyl (C=O) groups is 1. The number of carbonyl (C=O) groups excluding carboxylic acids is 1. The first-order valence-electron chi connectivity index (χ1n) is 8.12. The molecule has 1 aliphatic rings. The largest absolute Gasteiger partial charge is 0.473 e. The van der Waals surface area contributed by atoms with Crippen molar-refractivity contribution in [3.05, 3.63) is 53.4 Å². The monoisotopic (exact) mass is 363 g/mol. The Bertz CT molecular complexity index is 1200. The van der Waals surface area contributed by atoms with Gasteiger partial charge in [-0.1, -0.05) is 17.3 Å². The minimum absolute atomic E-state index is 0.0445. The molecular weight excluding hydrogens is 350 g/mol. The summed E-state index contributed by atoms with van der Waals surface area (Å²) in [4.78, 5) is 19.0. The standard InChI is InChI=1S/C17H13N7O3/c1-7-20-17(27-24-7)14-9-3-2-4-10(13(9)26-14)21-11-8-5-6-19-16(8)23-22-12(11)15(18)25/h2-6,14H,1H3,(H2,18,25)(H2,19,21,23). The topological polar surface area (TPSA) is 145 Å². The lowest BCUT2D eigenvalue weighted by Gasteiger charge is -2.30. The summed E-state index contributed by atoms with van der Waals surface area (Å²) in [7, 11) is 0. The average Bonchev–Trinajstić information content (AvgIpc) is 3.25. The van der Waals surface area contributed by atoms with Crippen LogP contribution >= 0.6 is 0 Å². The molecule has 10 nitrogen and oxygen atoms in total. The van der Waals surface area contributed by atoms with E-state index >= 15 is 0 Å². The van der Waals surface area contributed by atoms with E-state index in [4.69, 9.17) is 15.0 Å². The van der Waals surface area contributed by atoms with Crippen molar-refractivity contribution in [3.63, 3.8) is 0 Å². The molecule has 4 aromatic rings. The van der Waals surface area contributed by atoms with Gasteiger partial charge in [-0.15, -0.1) is 10.2 Å². The molecule has 3 aromatic heterocycles. The maximum atomic E-state index is 11.8. The third-order valence-electron chi connectivity index (χ3n) is 4.31. The summed E-state index contributed by atoms with van der Waals surface area (Å²) in [5, 5.41) is 15.6. The molecule has 1 aromatic carbocycles. The third-order valence-corrected chi connectivity index (χ3v) is 4.31. The van der Waals surface area contributed by atoms with Gasteiger partial charge < -0.3 is 25.3 Å². The normalized spacial score (nSPS) is 15.1. The number of para-hydroxylation sites is 1. The van der Waals surface area contributed by atoms with E-state index in [-0.39, 0.29) is 5.69 Å². The summed E-state index contributed by atoms with van der Waals surface area (Å²) in [5.74, 6) is 0.894. The highest BCUT2D eigenvalue weighted by molar-refractivity contribution is 6.05. The van der Waals surface area contributed by atoms with Crippen molar-refractivity contribution in [1.82, 2.24) is 25.3 Å². The Morgan fingerprint density at radius 2 is 2.19 bits per heavy atom. The van der Waals surface area contributed by atoms with E-state index in [1.165, 1.54) is 0 Å². The van der Waals surface area contributed by atoms with Crippen molar-refractivity contribution >= 4 is 28.3 Å². The second kappa shape index (κ2) is 5.53. The predicted molar refractivity (Wildman–Crippen MR) is 93.6 cm³/mol. The van der Waals surface area contributed by atoms with Gasteiger partial charge in [0, 0.05) is 17.1 Å². The third kappa shape index (κ3) is 2.30. The first-order chi connectivity index (χ1) is 13.1. The molecular formula is C17H13N7O3. The predicted octanol–water partition coefficient (Wildman–Crippen LogP) is 1.97. The van der Waals surface area contributed by atoms with Crippen molar-refractivity contribution in [3.8, 4) is 5.75 Å². The quantitative estimate of drug-likeness (QED) is 0.499. The number of benzene rings is 1. The van der Waals surface area contributed by atoms with Crippen molar-refractivity contribution in [2.45, 2.75) is 13.0 Å². The summed E-state index contributed by atoms with van der Waals surface area (Å²) < 4.78 is 11.1. The molecule has 0 saturated heterocycles. The van der Waals surface area contributed by atoms with Gasteiger partial charge in [0.2, 0.25) is 6.10 Å². The van der Waals surface area contributed by atoms with Gasteiger partial charge in [0.25, 0.3) is 11.8 Å². The molecule has 0 aliphatic carbocycles. The number of fused-ring (bicyclic) bond motifs is 2. The summed E-state index contributed by atoms with van der Waals surface area (Å²) in [5.41, 5.74) is 8.07. The second-order valence-corrected chi connectivity index (χ2v) is 6.05. The molecule has 134 valence electrons. The Morgan fingerprint density at radius 1 is 1.30 bits per heavy atom. The van der Waals surface area contributed by atoms with Crippen LogP contribution in [0.2, 0.25) is 0 Å². The molecule has 1 atom stereocenters. The molecule has 4 N–H and O–H groups in total. The highest BCUT2D eigenvalue weighted by Crippen LogP contribution is 2.48. The Kier molecular flexibility index (Phi) is 3.13. The number of nitrogens with one attached hydrogen (secondary N) is 2. The minimum atomic E-state index is -0.678. The van der Waals surface area contributed by atoms with Crippen molar-refractivity contribution in [2.75, 3.05) is 5.32 Å². The number of hydrogen-bond acceptors (Lipinski definition) is 8. The van der Waals surface area contributed by atoms with E-state index in [0.29, 0.717) is 39.9 Å². The van der Waals surface area contributed by atoms with Crippen LogP contribution in [0.5, 0.6) is 5.75 Å². The summed E-state index contributed by atoms with van der Waals surface area (Å²) >= 11 is 0. The lowest BCUT2D eigenvalue weighted by Crippen LogP contribution is -2.22. The van der Waals surface area contributed by atoms with Crippen LogP contribution in [0.1, 0.15) is 33.9 Å². The van der Waals surface area contributed by atoms with E-state index in [9.17, 15) is 4.79 Å². The lowest BCUT2D eigenvalue weighted by atomic mass is 10.0. The van der Waals surface area contributed by atoms with Gasteiger partial charge in [-0.25, -0.2) is 0 Å². The first-order valence-corrected chi connectivity index (χ1v) is 8.12. The van der Waals surface area contributed by atoms with Crippen molar-refractivity contribution < 1.29 is 14.1 Å². The summed E-state index contributed by atoms with van der Waals surface area (Å²) in [6.45, 7) is 1.74. The molecule has 27 heavy (non-hydrogen) atoms. The van der Waals surface area contributed by atoms with Gasteiger partial charge in [0.15, 0.2) is 22.9 Å². The van der Waals surface area contributed by atoms with Gasteiger partial charge in [0.05, 0.1) is 11.4 Å². The number of amides is 1. The average molecular weight is 363 g/mol. The number of primary amides is 1. The Hall–Kier alpha value is -3.95. The fourth-order valence-corrected chi connectivity index (χ4v) is 3.07. The van der Waals surface area contributed by atoms with E-state index in [1.54, 1.807) is 19.2 Å². The van der Waals surface area contributed by atoms with Gasteiger partial charge in [-0.2, -0.15) is 4.98 Å². The Balaban J connectivity index is 1.56. The number of aromatic nitrogens is 5. The molecule has 10 heteroatoms. The van der Waals surface area contributed by atoms with Gasteiger partial charge in [-0.05, 0) is 19.1 Å². The van der Waals surface area contributed by atoms with E-state index in [0.717, 1.165) is 5.56 Å². The molecule has 0 saturated carbocycles. The van der Waals surface area contributed by atoms with Crippen LogP contribution in [0.15, 0.2) is 35.0 Å². The number of nitrogens with two attached hydrogens (primary N) is 1. The van der Waals surface area contributed by atoms with Crippen LogP contribution in [0.3, 0.4) is 0 Å². The van der Waals surface area contributed by atoms with Crippen LogP contribution in [0.25, 0.3) is 11.0 Å². The minimum Gasteiger partial charge on any atom is -0.473 e. The van der Waals surface area contributed by atoms with Gasteiger partial charge in [0.1, 0.15) is 0 Å². The van der Waals surface area contributed by atoms with Gasteiger partial charge >= 0.3 is 0 Å². The van der Waals surface area contributed by atoms with E-state index in [1.807, 2.05) is 18.2 Å². The second-order valence-electron chi connectivity index (χ2n) is 6.05. The molecule has 1 aliphatic heterocycles. The fraction of sp³-hybridized carbons (Fsp3) is 0.118. The Morgan fingerprint density at radius 3 is 2.96 bits per heavy atom. The maximum absolute atomic E-state index is 11.8. The molecule has 0 radical (unpaired) electrons. The molecule has 0 fully saturated rings. The highest BCUT2D eigenvalue weighted by Gasteiger charge is 2.36.